The molecule has 0 spiro atoms. The van der Waals surface area contributed by atoms with Crippen molar-refractivity contribution in [3.8, 4) is 11.8 Å². The molecule has 7 N–H and O–H groups in total. The summed E-state index contributed by atoms with van der Waals surface area (Å²) in [5.74, 6) is 4.44. The van der Waals surface area contributed by atoms with E-state index in [9.17, 15) is 22.8 Å². The second kappa shape index (κ2) is 14.0. The van der Waals surface area contributed by atoms with Crippen LogP contribution in [0.4, 0.5) is 5.69 Å². The van der Waals surface area contributed by atoms with Gasteiger partial charge in [-0.3, -0.25) is 19.6 Å². The zero-order valence-electron chi connectivity index (χ0n) is 21.6. The Kier molecular flexibility index (Phi) is 10.5. The predicted octanol–water partition coefficient (Wildman–Crippen LogP) is 0.781. The molecule has 40 heavy (non-hydrogen) atoms. The van der Waals surface area contributed by atoms with Gasteiger partial charge in [0.05, 0.1) is 11.4 Å². The molecular formula is C28H29N5O6S. The molecule has 0 bridgehead atoms. The van der Waals surface area contributed by atoms with Crippen LogP contribution in [0.3, 0.4) is 0 Å². The molecule has 0 aliphatic heterocycles. The minimum atomic E-state index is -3.25. The van der Waals surface area contributed by atoms with Crippen molar-refractivity contribution < 1.29 is 28.0 Å². The first-order valence-corrected chi connectivity index (χ1v) is 13.9. The monoisotopic (exact) mass is 563 g/mol. The predicted molar refractivity (Wildman–Crippen MR) is 149 cm³/mol. The van der Waals surface area contributed by atoms with Crippen molar-refractivity contribution in [2.75, 3.05) is 24.7 Å². The number of benzene rings is 3. The molecule has 12 heteroatoms. The second-order valence-electron chi connectivity index (χ2n) is 8.71. The number of rotatable bonds is 10. The molecule has 11 nitrogen and oxygen atoms in total. The molecule has 0 unspecified atom stereocenters. The van der Waals surface area contributed by atoms with Crippen LogP contribution in [-0.4, -0.2) is 56.7 Å². The first-order valence-electron chi connectivity index (χ1n) is 12.1. The lowest BCUT2D eigenvalue weighted by Gasteiger charge is -2.14. The lowest BCUT2D eigenvalue weighted by atomic mass is 10.1. The van der Waals surface area contributed by atoms with Crippen molar-refractivity contribution >= 4 is 33.2 Å². The summed E-state index contributed by atoms with van der Waals surface area (Å²) in [4.78, 5) is 36.2. The van der Waals surface area contributed by atoms with Gasteiger partial charge in [-0.1, -0.05) is 24.0 Å². The Morgan fingerprint density at radius 2 is 1.48 bits per heavy atom. The third kappa shape index (κ3) is 9.04. The summed E-state index contributed by atoms with van der Waals surface area (Å²) in [6.45, 7) is 0.310. The maximum absolute atomic E-state index is 12.3. The van der Waals surface area contributed by atoms with E-state index in [1.165, 1.54) is 17.6 Å². The SMILES string of the molecule is CS(=O)(=O)c1ccc(CNCC(=O)Nc2ccc(C#Cc3ccc(C(=O)N[C@@H](CN)C(=O)NO)cc3)cc2)cc1. The van der Waals surface area contributed by atoms with Crippen LogP contribution in [0.1, 0.15) is 27.0 Å². The topological polar surface area (TPSA) is 180 Å². The van der Waals surface area contributed by atoms with Crippen LogP contribution in [0.25, 0.3) is 0 Å². The maximum Gasteiger partial charge on any atom is 0.267 e. The summed E-state index contributed by atoms with van der Waals surface area (Å²) in [7, 11) is -3.25. The molecular weight excluding hydrogens is 534 g/mol. The quantitative estimate of drug-likeness (QED) is 0.119. The number of carbonyl (C=O) groups is 3. The van der Waals surface area contributed by atoms with E-state index in [2.05, 4.69) is 27.8 Å². The van der Waals surface area contributed by atoms with Crippen molar-refractivity contribution in [1.82, 2.24) is 16.1 Å². The highest BCUT2D eigenvalue weighted by Gasteiger charge is 2.19. The standard InChI is InChI=1S/C28H29N5O6S/c1-40(38,39)24-14-8-21(9-15-24)17-30-18-26(34)31-23-12-6-20(7-13-23)3-2-19-4-10-22(11-5-19)27(35)32-25(16-29)28(36)33-37/h4-15,25,30,37H,16-18,29H2,1H3,(H,31,34)(H,32,35)(H,33,36)/t25-/m0/s1. The first kappa shape index (κ1) is 30.0. The van der Waals surface area contributed by atoms with Crippen LogP contribution >= 0.6 is 0 Å². The molecule has 3 aromatic carbocycles. The normalized spacial score (nSPS) is 11.5. The van der Waals surface area contributed by atoms with Crippen LogP contribution in [0.15, 0.2) is 77.7 Å². The summed E-state index contributed by atoms with van der Waals surface area (Å²) in [5.41, 5.74) is 10.0. The fourth-order valence-corrected chi connectivity index (χ4v) is 4.05. The van der Waals surface area contributed by atoms with E-state index in [0.717, 1.165) is 17.4 Å². The number of anilines is 1. The highest BCUT2D eigenvalue weighted by Crippen LogP contribution is 2.11. The van der Waals surface area contributed by atoms with Crippen molar-refractivity contribution in [2.45, 2.75) is 17.5 Å². The van der Waals surface area contributed by atoms with Gasteiger partial charge in [0.25, 0.3) is 11.8 Å². The number of hydroxylamine groups is 1. The zero-order chi connectivity index (χ0) is 29.1. The maximum atomic E-state index is 12.3. The molecule has 0 aromatic heterocycles. The van der Waals surface area contributed by atoms with E-state index in [1.54, 1.807) is 60.7 Å². The van der Waals surface area contributed by atoms with Gasteiger partial charge in [-0.2, -0.15) is 0 Å². The van der Waals surface area contributed by atoms with Crippen molar-refractivity contribution in [3.63, 3.8) is 0 Å². The molecule has 0 saturated carbocycles. The smallest absolute Gasteiger partial charge is 0.267 e. The molecule has 0 saturated heterocycles. The summed E-state index contributed by atoms with van der Waals surface area (Å²) >= 11 is 0. The lowest BCUT2D eigenvalue weighted by molar-refractivity contribution is -0.130. The molecule has 3 rings (SSSR count). The van der Waals surface area contributed by atoms with E-state index in [1.807, 2.05) is 0 Å². The van der Waals surface area contributed by atoms with Gasteiger partial charge >= 0.3 is 0 Å². The van der Waals surface area contributed by atoms with Gasteiger partial charge in [0.1, 0.15) is 6.04 Å². The highest BCUT2D eigenvalue weighted by molar-refractivity contribution is 7.90. The van der Waals surface area contributed by atoms with Crippen LogP contribution in [0.2, 0.25) is 0 Å². The van der Waals surface area contributed by atoms with Gasteiger partial charge in [0.15, 0.2) is 9.84 Å². The van der Waals surface area contributed by atoms with Gasteiger partial charge in [-0.15, -0.1) is 0 Å². The van der Waals surface area contributed by atoms with Crippen molar-refractivity contribution in [1.29, 1.82) is 0 Å². The molecule has 0 heterocycles. The summed E-state index contributed by atoms with van der Waals surface area (Å²) < 4.78 is 23.1. The number of amides is 3. The molecule has 3 aromatic rings. The second-order valence-corrected chi connectivity index (χ2v) is 10.7. The number of sulfone groups is 1. The number of nitrogens with two attached hydrogens (primary N) is 1. The lowest BCUT2D eigenvalue weighted by Crippen LogP contribution is -2.50. The Morgan fingerprint density at radius 3 is 2.00 bits per heavy atom. The summed E-state index contributed by atoms with van der Waals surface area (Å²) in [6, 6.07) is 18.8. The number of hydrogen-bond donors (Lipinski definition) is 6. The van der Waals surface area contributed by atoms with Gasteiger partial charge in [0, 0.05) is 41.7 Å². The average molecular weight is 564 g/mol. The highest BCUT2D eigenvalue weighted by atomic mass is 32.2. The fourth-order valence-electron chi connectivity index (χ4n) is 3.42. The van der Waals surface area contributed by atoms with Crippen molar-refractivity contribution in [2.24, 2.45) is 5.73 Å². The minimum absolute atomic E-state index is 0.0743. The molecule has 0 radical (unpaired) electrons. The average Bonchev–Trinajstić information content (AvgIpc) is 2.95. The third-order valence-corrected chi connectivity index (χ3v) is 6.73. The van der Waals surface area contributed by atoms with E-state index >= 15 is 0 Å². The van der Waals surface area contributed by atoms with E-state index in [4.69, 9.17) is 10.9 Å². The minimum Gasteiger partial charge on any atom is -0.339 e. The van der Waals surface area contributed by atoms with Gasteiger partial charge < -0.3 is 21.7 Å². The van der Waals surface area contributed by atoms with Gasteiger partial charge in [-0.25, -0.2) is 13.9 Å². The first-order chi connectivity index (χ1) is 19.1. The Balaban J connectivity index is 1.48. The van der Waals surface area contributed by atoms with Crippen LogP contribution < -0.4 is 27.2 Å². The van der Waals surface area contributed by atoms with Crippen LogP contribution in [-0.2, 0) is 26.0 Å². The van der Waals surface area contributed by atoms with Crippen LogP contribution in [0, 0.1) is 11.8 Å². The van der Waals surface area contributed by atoms with Gasteiger partial charge in [0.2, 0.25) is 5.91 Å². The van der Waals surface area contributed by atoms with E-state index < -0.39 is 27.7 Å². The van der Waals surface area contributed by atoms with E-state index in [-0.39, 0.29) is 23.9 Å². The number of hydrogen-bond acceptors (Lipinski definition) is 8. The van der Waals surface area contributed by atoms with E-state index in [0.29, 0.717) is 23.4 Å². The third-order valence-electron chi connectivity index (χ3n) is 5.60. The van der Waals surface area contributed by atoms with Crippen molar-refractivity contribution in [3.05, 3.63) is 95.1 Å². The molecule has 1 atom stereocenters. The van der Waals surface area contributed by atoms with Gasteiger partial charge in [-0.05, 0) is 66.2 Å². The molecule has 3 amide bonds. The molecule has 0 fully saturated rings. The molecule has 0 aliphatic rings. The Labute approximate surface area is 232 Å². The number of nitrogens with one attached hydrogen (secondary N) is 4. The largest absolute Gasteiger partial charge is 0.339 e. The molecule has 208 valence electrons. The zero-order valence-corrected chi connectivity index (χ0v) is 22.4. The summed E-state index contributed by atoms with van der Waals surface area (Å²) in [5, 5.41) is 16.9. The Morgan fingerprint density at radius 1 is 0.900 bits per heavy atom. The van der Waals surface area contributed by atoms with Crippen LogP contribution in [0.5, 0.6) is 0 Å². The fraction of sp³-hybridized carbons (Fsp3) is 0.179. The Bertz CT molecular complexity index is 1510. The summed E-state index contributed by atoms with van der Waals surface area (Å²) in [6.07, 6.45) is 1.15. The molecule has 0 aliphatic carbocycles. The Hall–Kier alpha value is -4.54. The number of carbonyl (C=O) groups excluding carboxylic acids is 3.